The van der Waals surface area contributed by atoms with Crippen LogP contribution in [0.2, 0.25) is 0 Å². The fourth-order valence-corrected chi connectivity index (χ4v) is 3.64. The maximum atomic E-state index is 3.69. The van der Waals surface area contributed by atoms with Crippen LogP contribution in [0.5, 0.6) is 0 Å². The lowest BCUT2D eigenvalue weighted by Gasteiger charge is -2.17. The Morgan fingerprint density at radius 3 is 2.94 bits per heavy atom. The normalized spacial score (nSPS) is 21.6. The summed E-state index contributed by atoms with van der Waals surface area (Å²) in [5.74, 6) is 3.61. The van der Waals surface area contributed by atoms with Crippen molar-refractivity contribution in [2.75, 3.05) is 18.1 Å². The molecule has 1 fully saturated rings. The van der Waals surface area contributed by atoms with E-state index in [1.54, 1.807) is 0 Å². The summed E-state index contributed by atoms with van der Waals surface area (Å²) in [6.45, 7) is 5.70. The maximum Gasteiger partial charge on any atom is 0.00793 e. The molecule has 1 aliphatic rings. The standard InChI is InChI=1S/C15H23NS/c1-12-5-3-4-6-15(12)9-13(2)16-10-14-7-8-17-11-14/h3-6,13-14,16H,7-11H2,1-2H3. The molecule has 1 aliphatic heterocycles. The zero-order chi connectivity index (χ0) is 12.1. The monoisotopic (exact) mass is 249 g/mol. The van der Waals surface area contributed by atoms with E-state index in [0.29, 0.717) is 6.04 Å². The lowest BCUT2D eigenvalue weighted by atomic mass is 10.0. The summed E-state index contributed by atoms with van der Waals surface area (Å²) in [6, 6.07) is 9.30. The van der Waals surface area contributed by atoms with Crippen LogP contribution in [0.25, 0.3) is 0 Å². The summed E-state index contributed by atoms with van der Waals surface area (Å²) >= 11 is 2.10. The van der Waals surface area contributed by atoms with E-state index in [1.165, 1.54) is 35.6 Å². The van der Waals surface area contributed by atoms with Gasteiger partial charge in [-0.3, -0.25) is 0 Å². The average Bonchev–Trinajstić information content (AvgIpc) is 2.82. The molecule has 0 spiro atoms. The smallest absolute Gasteiger partial charge is 0.00793 e. The molecule has 1 aromatic rings. The van der Waals surface area contributed by atoms with Gasteiger partial charge >= 0.3 is 0 Å². The van der Waals surface area contributed by atoms with Crippen molar-refractivity contribution in [3.8, 4) is 0 Å². The molecule has 1 saturated heterocycles. The first-order chi connectivity index (χ1) is 8.25. The second-order valence-electron chi connectivity index (χ2n) is 5.17. The van der Waals surface area contributed by atoms with Crippen LogP contribution in [-0.4, -0.2) is 24.1 Å². The molecule has 1 aromatic carbocycles. The van der Waals surface area contributed by atoms with Gasteiger partial charge in [-0.05, 0) is 61.8 Å². The SMILES string of the molecule is Cc1ccccc1CC(C)NCC1CCSC1. The summed E-state index contributed by atoms with van der Waals surface area (Å²) < 4.78 is 0. The van der Waals surface area contributed by atoms with Gasteiger partial charge in [-0.25, -0.2) is 0 Å². The van der Waals surface area contributed by atoms with Gasteiger partial charge in [0, 0.05) is 6.04 Å². The summed E-state index contributed by atoms with van der Waals surface area (Å²) in [7, 11) is 0. The predicted molar refractivity (Wildman–Crippen MR) is 77.8 cm³/mol. The van der Waals surface area contributed by atoms with Crippen molar-refractivity contribution in [2.24, 2.45) is 5.92 Å². The van der Waals surface area contributed by atoms with Crippen LogP contribution in [-0.2, 0) is 6.42 Å². The van der Waals surface area contributed by atoms with Crippen molar-refractivity contribution in [3.63, 3.8) is 0 Å². The van der Waals surface area contributed by atoms with Gasteiger partial charge in [-0.2, -0.15) is 11.8 Å². The Balaban J connectivity index is 1.76. The average molecular weight is 249 g/mol. The number of hydrogen-bond acceptors (Lipinski definition) is 2. The van der Waals surface area contributed by atoms with Crippen LogP contribution < -0.4 is 5.32 Å². The van der Waals surface area contributed by atoms with Gasteiger partial charge < -0.3 is 5.32 Å². The van der Waals surface area contributed by atoms with Crippen LogP contribution in [0.4, 0.5) is 0 Å². The highest BCUT2D eigenvalue weighted by Gasteiger charge is 2.16. The fourth-order valence-electron chi connectivity index (χ4n) is 2.35. The Kier molecular flexibility index (Phi) is 4.93. The van der Waals surface area contributed by atoms with Crippen molar-refractivity contribution in [3.05, 3.63) is 35.4 Å². The highest BCUT2D eigenvalue weighted by molar-refractivity contribution is 7.99. The van der Waals surface area contributed by atoms with Crippen LogP contribution in [0.3, 0.4) is 0 Å². The van der Waals surface area contributed by atoms with E-state index < -0.39 is 0 Å². The Morgan fingerprint density at radius 1 is 1.41 bits per heavy atom. The first-order valence-electron chi connectivity index (χ1n) is 6.61. The molecule has 2 unspecified atom stereocenters. The van der Waals surface area contributed by atoms with Crippen LogP contribution in [0.1, 0.15) is 24.5 Å². The Hall–Kier alpha value is -0.470. The van der Waals surface area contributed by atoms with Gasteiger partial charge in [-0.1, -0.05) is 24.3 Å². The van der Waals surface area contributed by atoms with E-state index in [1.807, 2.05) is 0 Å². The minimum Gasteiger partial charge on any atom is -0.314 e. The van der Waals surface area contributed by atoms with Crippen LogP contribution >= 0.6 is 11.8 Å². The zero-order valence-corrected chi connectivity index (χ0v) is 11.7. The molecule has 94 valence electrons. The van der Waals surface area contributed by atoms with E-state index >= 15 is 0 Å². The summed E-state index contributed by atoms with van der Waals surface area (Å²) in [5.41, 5.74) is 2.89. The third-order valence-electron chi connectivity index (χ3n) is 3.57. The molecule has 17 heavy (non-hydrogen) atoms. The van der Waals surface area contributed by atoms with Crippen molar-refractivity contribution >= 4 is 11.8 Å². The minimum atomic E-state index is 0.585. The number of thioether (sulfide) groups is 1. The topological polar surface area (TPSA) is 12.0 Å². The van der Waals surface area contributed by atoms with Gasteiger partial charge in [0.25, 0.3) is 0 Å². The quantitative estimate of drug-likeness (QED) is 0.859. The lowest BCUT2D eigenvalue weighted by molar-refractivity contribution is 0.465. The second-order valence-corrected chi connectivity index (χ2v) is 6.32. The number of rotatable bonds is 5. The van der Waals surface area contributed by atoms with E-state index in [0.717, 1.165) is 12.3 Å². The maximum absolute atomic E-state index is 3.69. The molecule has 0 saturated carbocycles. The number of hydrogen-bond donors (Lipinski definition) is 1. The van der Waals surface area contributed by atoms with E-state index in [9.17, 15) is 0 Å². The van der Waals surface area contributed by atoms with Gasteiger partial charge in [0.2, 0.25) is 0 Å². The largest absolute Gasteiger partial charge is 0.314 e. The summed E-state index contributed by atoms with van der Waals surface area (Å²) in [4.78, 5) is 0. The summed E-state index contributed by atoms with van der Waals surface area (Å²) in [5, 5.41) is 3.69. The van der Waals surface area contributed by atoms with Gasteiger partial charge in [0.05, 0.1) is 0 Å². The summed E-state index contributed by atoms with van der Waals surface area (Å²) in [6.07, 6.45) is 2.54. The van der Waals surface area contributed by atoms with Crippen molar-refractivity contribution in [1.82, 2.24) is 5.32 Å². The molecule has 1 nitrogen and oxygen atoms in total. The Bertz CT molecular complexity index is 345. The highest BCUT2D eigenvalue weighted by atomic mass is 32.2. The van der Waals surface area contributed by atoms with Gasteiger partial charge in [0.1, 0.15) is 0 Å². The molecule has 1 N–H and O–H groups in total. The molecule has 0 bridgehead atoms. The molecule has 2 rings (SSSR count). The predicted octanol–water partition coefficient (Wildman–Crippen LogP) is 3.27. The molecule has 1 heterocycles. The van der Waals surface area contributed by atoms with E-state index in [2.05, 4.69) is 55.2 Å². The first-order valence-corrected chi connectivity index (χ1v) is 7.77. The van der Waals surface area contributed by atoms with Gasteiger partial charge in [0.15, 0.2) is 0 Å². The second kappa shape index (κ2) is 6.46. The minimum absolute atomic E-state index is 0.585. The number of benzene rings is 1. The molecule has 2 atom stereocenters. The Labute approximate surface area is 109 Å². The molecule has 0 aliphatic carbocycles. The third kappa shape index (κ3) is 4.04. The highest BCUT2D eigenvalue weighted by Crippen LogP contribution is 2.22. The van der Waals surface area contributed by atoms with Crippen molar-refractivity contribution < 1.29 is 0 Å². The van der Waals surface area contributed by atoms with Crippen LogP contribution in [0.15, 0.2) is 24.3 Å². The Morgan fingerprint density at radius 2 is 2.24 bits per heavy atom. The van der Waals surface area contributed by atoms with Crippen molar-refractivity contribution in [1.29, 1.82) is 0 Å². The van der Waals surface area contributed by atoms with Gasteiger partial charge in [-0.15, -0.1) is 0 Å². The first kappa shape index (κ1) is 13.0. The molecule has 0 amide bonds. The fraction of sp³-hybridized carbons (Fsp3) is 0.600. The zero-order valence-electron chi connectivity index (χ0n) is 10.9. The molecular formula is C15H23NS. The van der Waals surface area contributed by atoms with E-state index in [4.69, 9.17) is 0 Å². The number of aryl methyl sites for hydroxylation is 1. The van der Waals surface area contributed by atoms with E-state index in [-0.39, 0.29) is 0 Å². The molecule has 2 heteroatoms. The molecule has 0 radical (unpaired) electrons. The van der Waals surface area contributed by atoms with Crippen molar-refractivity contribution in [2.45, 2.75) is 32.7 Å². The molecule has 0 aromatic heterocycles. The van der Waals surface area contributed by atoms with Crippen LogP contribution in [0, 0.1) is 12.8 Å². The molecular weight excluding hydrogens is 226 g/mol. The lowest BCUT2D eigenvalue weighted by Crippen LogP contribution is -2.32. The third-order valence-corrected chi connectivity index (χ3v) is 4.80. The number of nitrogens with one attached hydrogen (secondary N) is 1.